The highest BCUT2D eigenvalue weighted by Crippen LogP contribution is 2.41. The summed E-state index contributed by atoms with van der Waals surface area (Å²) in [6.45, 7) is 0. The highest BCUT2D eigenvalue weighted by molar-refractivity contribution is 6.51. The SMILES string of the molecule is COc1ccc(/C(O)=C2\C(=O)C(=O)N(c3cccc(F)c3)C2c2ccccn2)cc1. The fourth-order valence-corrected chi connectivity index (χ4v) is 3.45. The van der Waals surface area contributed by atoms with Crippen molar-refractivity contribution in [3.05, 3.63) is 95.6 Å². The number of amides is 1. The van der Waals surface area contributed by atoms with E-state index in [1.807, 2.05) is 0 Å². The van der Waals surface area contributed by atoms with Gasteiger partial charge in [-0.05, 0) is 54.6 Å². The van der Waals surface area contributed by atoms with Crippen LogP contribution in [0.2, 0.25) is 0 Å². The lowest BCUT2D eigenvalue weighted by Crippen LogP contribution is -2.29. The Bertz CT molecular complexity index is 1140. The summed E-state index contributed by atoms with van der Waals surface area (Å²) in [4.78, 5) is 31.3. The topological polar surface area (TPSA) is 79.7 Å². The molecule has 7 heteroatoms. The lowest BCUT2D eigenvalue weighted by molar-refractivity contribution is -0.132. The van der Waals surface area contributed by atoms with Crippen molar-refractivity contribution in [3.63, 3.8) is 0 Å². The van der Waals surface area contributed by atoms with Gasteiger partial charge in [0.25, 0.3) is 11.7 Å². The average molecular weight is 404 g/mol. The molecule has 6 nitrogen and oxygen atoms in total. The van der Waals surface area contributed by atoms with Gasteiger partial charge in [0, 0.05) is 17.4 Å². The number of aromatic nitrogens is 1. The van der Waals surface area contributed by atoms with E-state index in [1.54, 1.807) is 42.5 Å². The van der Waals surface area contributed by atoms with Gasteiger partial charge in [-0.3, -0.25) is 19.5 Å². The van der Waals surface area contributed by atoms with Gasteiger partial charge in [-0.1, -0.05) is 12.1 Å². The molecule has 30 heavy (non-hydrogen) atoms. The minimum atomic E-state index is -1.00. The summed E-state index contributed by atoms with van der Waals surface area (Å²) in [5.74, 6) is -2.06. The summed E-state index contributed by atoms with van der Waals surface area (Å²) in [5.41, 5.74) is 0.791. The Labute approximate surface area is 171 Å². The zero-order valence-electron chi connectivity index (χ0n) is 15.9. The number of carbonyl (C=O) groups is 2. The van der Waals surface area contributed by atoms with Gasteiger partial charge >= 0.3 is 0 Å². The molecule has 1 amide bonds. The first-order chi connectivity index (χ1) is 14.5. The Kier molecular flexibility index (Phi) is 5.02. The van der Waals surface area contributed by atoms with Gasteiger partial charge in [0.15, 0.2) is 0 Å². The van der Waals surface area contributed by atoms with Crippen LogP contribution in [0.4, 0.5) is 10.1 Å². The van der Waals surface area contributed by atoms with Crippen LogP contribution in [0, 0.1) is 5.82 Å². The average Bonchev–Trinajstić information content (AvgIpc) is 3.04. The van der Waals surface area contributed by atoms with Gasteiger partial charge in [0.05, 0.1) is 18.4 Å². The normalized spacial score (nSPS) is 17.9. The molecule has 1 aliphatic rings. The Morgan fingerprint density at radius 1 is 1.07 bits per heavy atom. The molecule has 150 valence electrons. The zero-order chi connectivity index (χ0) is 21.3. The fraction of sp³-hybridized carbons (Fsp3) is 0.0870. The van der Waals surface area contributed by atoms with Crippen LogP contribution in [0.3, 0.4) is 0 Å². The van der Waals surface area contributed by atoms with E-state index in [1.165, 1.54) is 31.5 Å². The van der Waals surface area contributed by atoms with Crippen LogP contribution in [0.15, 0.2) is 78.5 Å². The number of anilines is 1. The molecule has 0 saturated carbocycles. The number of nitrogens with zero attached hydrogens (tertiary/aromatic N) is 2. The summed E-state index contributed by atoms with van der Waals surface area (Å²) < 4.78 is 19.0. The van der Waals surface area contributed by atoms with E-state index in [2.05, 4.69) is 4.98 Å². The molecule has 0 aliphatic carbocycles. The number of carbonyl (C=O) groups excluding carboxylic acids is 2. The third kappa shape index (κ3) is 3.30. The molecule has 1 aliphatic heterocycles. The first kappa shape index (κ1) is 19.3. The Morgan fingerprint density at radius 3 is 2.47 bits per heavy atom. The van der Waals surface area contributed by atoms with Crippen molar-refractivity contribution in [2.45, 2.75) is 6.04 Å². The van der Waals surface area contributed by atoms with Crippen LogP contribution in [0.1, 0.15) is 17.3 Å². The highest BCUT2D eigenvalue weighted by Gasteiger charge is 2.47. The molecule has 2 aromatic carbocycles. The molecule has 1 unspecified atom stereocenters. The summed E-state index contributed by atoms with van der Waals surface area (Å²) in [6.07, 6.45) is 1.52. The summed E-state index contributed by atoms with van der Waals surface area (Å²) in [7, 11) is 1.51. The van der Waals surface area contributed by atoms with Crippen molar-refractivity contribution < 1.29 is 23.8 Å². The predicted molar refractivity (Wildman–Crippen MR) is 108 cm³/mol. The third-order valence-electron chi connectivity index (χ3n) is 4.86. The van der Waals surface area contributed by atoms with Crippen molar-refractivity contribution in [3.8, 4) is 5.75 Å². The maximum absolute atomic E-state index is 13.9. The molecule has 0 radical (unpaired) electrons. The molecular weight excluding hydrogens is 387 g/mol. The minimum Gasteiger partial charge on any atom is -0.507 e. The van der Waals surface area contributed by atoms with Crippen LogP contribution in [-0.4, -0.2) is 28.9 Å². The number of hydrogen-bond acceptors (Lipinski definition) is 5. The molecule has 1 aromatic heterocycles. The number of pyridine rings is 1. The summed E-state index contributed by atoms with van der Waals surface area (Å²) in [5, 5.41) is 11.0. The van der Waals surface area contributed by atoms with Gasteiger partial charge < -0.3 is 9.84 Å². The quantitative estimate of drug-likeness (QED) is 0.406. The molecule has 1 atom stereocenters. The second-order valence-electron chi connectivity index (χ2n) is 6.63. The van der Waals surface area contributed by atoms with Crippen LogP contribution >= 0.6 is 0 Å². The smallest absolute Gasteiger partial charge is 0.300 e. The number of halogens is 1. The monoisotopic (exact) mass is 404 g/mol. The minimum absolute atomic E-state index is 0.117. The number of aliphatic hydroxyl groups excluding tert-OH is 1. The zero-order valence-corrected chi connectivity index (χ0v) is 15.9. The fourth-order valence-electron chi connectivity index (χ4n) is 3.45. The maximum atomic E-state index is 13.9. The molecule has 1 saturated heterocycles. The highest BCUT2D eigenvalue weighted by atomic mass is 19.1. The molecular formula is C23H17FN2O4. The lowest BCUT2D eigenvalue weighted by atomic mass is 9.98. The number of ketones is 1. The van der Waals surface area contributed by atoms with Crippen molar-refractivity contribution in [2.24, 2.45) is 0 Å². The van der Waals surface area contributed by atoms with Gasteiger partial charge in [0.1, 0.15) is 23.4 Å². The molecule has 0 spiro atoms. The van der Waals surface area contributed by atoms with E-state index in [-0.39, 0.29) is 17.0 Å². The van der Waals surface area contributed by atoms with E-state index in [4.69, 9.17) is 4.74 Å². The van der Waals surface area contributed by atoms with Gasteiger partial charge in [-0.2, -0.15) is 0 Å². The maximum Gasteiger partial charge on any atom is 0.300 e. The number of rotatable bonds is 4. The Morgan fingerprint density at radius 2 is 1.83 bits per heavy atom. The van der Waals surface area contributed by atoms with Crippen molar-refractivity contribution in [1.82, 2.24) is 4.98 Å². The number of ether oxygens (including phenoxy) is 1. The number of Topliss-reactive ketones (excluding diaryl/α,β-unsaturated/α-hetero) is 1. The molecule has 0 bridgehead atoms. The number of methoxy groups -OCH3 is 1. The van der Waals surface area contributed by atoms with Crippen LogP contribution in [-0.2, 0) is 9.59 Å². The first-order valence-electron chi connectivity index (χ1n) is 9.13. The second-order valence-corrected chi connectivity index (χ2v) is 6.63. The van der Waals surface area contributed by atoms with Crippen LogP contribution in [0.25, 0.3) is 5.76 Å². The summed E-state index contributed by atoms with van der Waals surface area (Å²) in [6, 6.07) is 15.9. The number of hydrogen-bond donors (Lipinski definition) is 1. The van der Waals surface area contributed by atoms with Crippen LogP contribution < -0.4 is 9.64 Å². The molecule has 3 aromatic rings. The van der Waals surface area contributed by atoms with Gasteiger partial charge in [-0.25, -0.2) is 4.39 Å². The molecule has 1 N–H and O–H groups in total. The standard InChI is InChI=1S/C23H17FN2O4/c1-30-17-10-8-14(9-11-17)21(27)19-20(18-7-2-3-12-25-18)26(23(29)22(19)28)16-6-4-5-15(24)13-16/h2-13,20,27H,1H3/b21-19+. The summed E-state index contributed by atoms with van der Waals surface area (Å²) >= 11 is 0. The van der Waals surface area contributed by atoms with Crippen molar-refractivity contribution in [1.29, 1.82) is 0 Å². The van der Waals surface area contributed by atoms with Gasteiger partial charge in [0.2, 0.25) is 0 Å². The predicted octanol–water partition coefficient (Wildman–Crippen LogP) is 3.86. The number of benzene rings is 2. The molecule has 2 heterocycles. The van der Waals surface area contributed by atoms with Gasteiger partial charge in [-0.15, -0.1) is 0 Å². The van der Waals surface area contributed by atoms with E-state index >= 15 is 0 Å². The lowest BCUT2D eigenvalue weighted by Gasteiger charge is -2.24. The first-order valence-corrected chi connectivity index (χ1v) is 9.13. The third-order valence-corrected chi connectivity index (χ3v) is 4.86. The van der Waals surface area contributed by atoms with Crippen molar-refractivity contribution >= 4 is 23.1 Å². The Hall–Kier alpha value is -4.00. The van der Waals surface area contributed by atoms with E-state index in [0.29, 0.717) is 17.0 Å². The Balaban J connectivity index is 1.92. The second kappa shape index (κ2) is 7.79. The van der Waals surface area contributed by atoms with E-state index in [9.17, 15) is 19.1 Å². The van der Waals surface area contributed by atoms with E-state index < -0.39 is 23.5 Å². The largest absolute Gasteiger partial charge is 0.507 e. The van der Waals surface area contributed by atoms with E-state index in [0.717, 1.165) is 11.0 Å². The van der Waals surface area contributed by atoms with Crippen molar-refractivity contribution in [2.75, 3.05) is 12.0 Å². The van der Waals surface area contributed by atoms with Crippen LogP contribution in [0.5, 0.6) is 5.75 Å². The number of aliphatic hydroxyl groups is 1. The molecule has 4 rings (SSSR count). The molecule has 1 fully saturated rings.